The van der Waals surface area contributed by atoms with Crippen LogP contribution in [0.4, 0.5) is 4.39 Å². The lowest BCUT2D eigenvalue weighted by molar-refractivity contribution is -0.0171. The first-order valence-corrected chi connectivity index (χ1v) is 12.5. The van der Waals surface area contributed by atoms with Crippen LogP contribution < -0.4 is 14.2 Å². The zero-order chi connectivity index (χ0) is 23.5. The number of halogens is 1. The van der Waals surface area contributed by atoms with E-state index in [0.717, 1.165) is 40.5 Å². The average molecular weight is 486 g/mol. The minimum atomic E-state index is -0.289. The fourth-order valence-corrected chi connectivity index (χ4v) is 5.69. The van der Waals surface area contributed by atoms with Crippen LogP contribution in [0.25, 0.3) is 11.4 Å². The van der Waals surface area contributed by atoms with Crippen molar-refractivity contribution in [1.82, 2.24) is 14.8 Å². The Morgan fingerprint density at radius 1 is 1.06 bits per heavy atom. The van der Waals surface area contributed by atoms with Gasteiger partial charge in [-0.15, -0.1) is 10.2 Å². The highest BCUT2D eigenvalue weighted by atomic mass is 32.2. The second-order valence-corrected chi connectivity index (χ2v) is 9.43. The maximum atomic E-state index is 14.2. The van der Waals surface area contributed by atoms with Gasteiger partial charge in [0.25, 0.3) is 0 Å². The van der Waals surface area contributed by atoms with Gasteiger partial charge in [-0.25, -0.2) is 4.39 Å². The molecule has 0 saturated heterocycles. The molecule has 0 radical (unpaired) electrons. The van der Waals surface area contributed by atoms with E-state index in [4.69, 9.17) is 18.9 Å². The quantitative estimate of drug-likeness (QED) is 0.394. The molecule has 1 aliphatic heterocycles. The van der Waals surface area contributed by atoms with Gasteiger partial charge in [0.2, 0.25) is 0 Å². The molecule has 0 spiro atoms. The number of rotatable bonds is 7. The molecule has 1 aromatic heterocycles. The summed E-state index contributed by atoms with van der Waals surface area (Å²) >= 11 is 1.55. The topological polar surface area (TPSA) is 67.6 Å². The Morgan fingerprint density at radius 3 is 2.68 bits per heavy atom. The Labute approximate surface area is 202 Å². The number of thioether (sulfide) groups is 1. The third-order valence-corrected chi connectivity index (χ3v) is 7.35. The highest BCUT2D eigenvalue weighted by molar-refractivity contribution is 7.98. The van der Waals surface area contributed by atoms with E-state index in [0.29, 0.717) is 35.7 Å². The smallest absolute Gasteiger partial charge is 0.192 e. The van der Waals surface area contributed by atoms with Crippen molar-refractivity contribution in [3.05, 3.63) is 47.3 Å². The Kier molecular flexibility index (Phi) is 6.92. The summed E-state index contributed by atoms with van der Waals surface area (Å²) in [6.45, 7) is 0.532. The molecule has 1 saturated carbocycles. The Balaban J connectivity index is 1.49. The van der Waals surface area contributed by atoms with Crippen molar-refractivity contribution >= 4 is 11.8 Å². The van der Waals surface area contributed by atoms with Gasteiger partial charge >= 0.3 is 0 Å². The van der Waals surface area contributed by atoms with Crippen molar-refractivity contribution in [2.75, 3.05) is 21.0 Å². The predicted octanol–water partition coefficient (Wildman–Crippen LogP) is 5.77. The van der Waals surface area contributed by atoms with Crippen LogP contribution in [0.15, 0.2) is 35.5 Å². The fourth-order valence-electron chi connectivity index (χ4n) is 4.72. The number of aromatic nitrogens is 3. The third-order valence-electron chi connectivity index (χ3n) is 6.35. The SMILES string of the molecule is COc1ccc(-c2nnc(SCc3cc(F)cc4c3OCOC4)n2C2CCCCC2)cc1OC. The monoisotopic (exact) mass is 485 g/mol. The van der Waals surface area contributed by atoms with Gasteiger partial charge in [-0.1, -0.05) is 31.0 Å². The maximum absolute atomic E-state index is 14.2. The lowest BCUT2D eigenvalue weighted by Crippen LogP contribution is -2.15. The van der Waals surface area contributed by atoms with Crippen molar-refractivity contribution in [1.29, 1.82) is 0 Å². The van der Waals surface area contributed by atoms with Crippen LogP contribution in [0.5, 0.6) is 17.2 Å². The molecule has 3 aromatic rings. The van der Waals surface area contributed by atoms with Crippen molar-refractivity contribution in [2.45, 2.75) is 55.7 Å². The summed E-state index contributed by atoms with van der Waals surface area (Å²) in [5.74, 6) is 3.08. The zero-order valence-corrected chi connectivity index (χ0v) is 20.2. The minimum Gasteiger partial charge on any atom is -0.493 e. The summed E-state index contributed by atoms with van der Waals surface area (Å²) < 4.78 is 38.4. The van der Waals surface area contributed by atoms with Crippen LogP contribution in [0.2, 0.25) is 0 Å². The lowest BCUT2D eigenvalue weighted by atomic mass is 9.95. The zero-order valence-electron chi connectivity index (χ0n) is 19.4. The Morgan fingerprint density at radius 2 is 1.88 bits per heavy atom. The van der Waals surface area contributed by atoms with Crippen molar-refractivity contribution in [2.24, 2.45) is 0 Å². The van der Waals surface area contributed by atoms with E-state index >= 15 is 0 Å². The molecular formula is C25H28FN3O4S. The number of fused-ring (bicyclic) bond motifs is 1. The molecule has 7 nitrogen and oxygen atoms in total. The normalized spacial score (nSPS) is 16.1. The fraction of sp³-hybridized carbons (Fsp3) is 0.440. The molecule has 2 aromatic carbocycles. The van der Waals surface area contributed by atoms with E-state index in [-0.39, 0.29) is 12.6 Å². The molecule has 180 valence electrons. The number of hydrogen-bond acceptors (Lipinski definition) is 7. The highest BCUT2D eigenvalue weighted by Crippen LogP contribution is 2.40. The summed E-state index contributed by atoms with van der Waals surface area (Å²) in [7, 11) is 3.25. The van der Waals surface area contributed by atoms with E-state index < -0.39 is 0 Å². The first-order valence-electron chi connectivity index (χ1n) is 11.5. The van der Waals surface area contributed by atoms with Gasteiger partial charge < -0.3 is 18.9 Å². The number of nitrogens with zero attached hydrogens (tertiary/aromatic N) is 3. The summed E-state index contributed by atoms with van der Waals surface area (Å²) in [5, 5.41) is 9.96. The molecule has 0 unspecified atom stereocenters. The van der Waals surface area contributed by atoms with E-state index in [1.54, 1.807) is 26.0 Å². The Hall–Kier alpha value is -2.78. The third kappa shape index (κ3) is 4.59. The molecule has 0 bridgehead atoms. The molecule has 1 aliphatic carbocycles. The van der Waals surface area contributed by atoms with Crippen molar-refractivity contribution in [3.8, 4) is 28.6 Å². The molecule has 1 fully saturated rings. The Bertz CT molecular complexity index is 1160. The number of benzene rings is 2. The second-order valence-electron chi connectivity index (χ2n) is 8.49. The molecule has 34 heavy (non-hydrogen) atoms. The van der Waals surface area contributed by atoms with Gasteiger partial charge in [0.05, 0.1) is 20.8 Å². The second kappa shape index (κ2) is 10.2. The van der Waals surface area contributed by atoms with Crippen LogP contribution in [0, 0.1) is 5.82 Å². The molecule has 5 rings (SSSR count). The standard InChI is InChI=1S/C25H28FN3O4S/c1-30-21-9-8-16(12-22(21)31-2)24-27-28-25(29(24)20-6-4-3-5-7-20)34-14-18-11-19(26)10-17-13-32-15-33-23(17)18/h8-12,20H,3-7,13-15H2,1-2H3. The molecule has 0 amide bonds. The lowest BCUT2D eigenvalue weighted by Gasteiger charge is -2.26. The van der Waals surface area contributed by atoms with E-state index in [9.17, 15) is 4.39 Å². The summed E-state index contributed by atoms with van der Waals surface area (Å²) in [6, 6.07) is 9.14. The van der Waals surface area contributed by atoms with Crippen LogP contribution in [-0.2, 0) is 17.1 Å². The summed E-state index contributed by atoms with van der Waals surface area (Å²) in [6.07, 6.45) is 5.79. The summed E-state index contributed by atoms with van der Waals surface area (Å²) in [4.78, 5) is 0. The molecular weight excluding hydrogens is 457 g/mol. The first kappa shape index (κ1) is 23.0. The summed E-state index contributed by atoms with van der Waals surface area (Å²) in [5.41, 5.74) is 2.46. The molecule has 0 atom stereocenters. The first-order chi connectivity index (χ1) is 16.7. The van der Waals surface area contributed by atoms with Crippen molar-refractivity contribution in [3.63, 3.8) is 0 Å². The molecule has 0 N–H and O–H groups in total. The van der Waals surface area contributed by atoms with Gasteiger partial charge in [-0.3, -0.25) is 4.57 Å². The number of methoxy groups -OCH3 is 2. The van der Waals surface area contributed by atoms with Gasteiger partial charge in [0.15, 0.2) is 29.3 Å². The highest BCUT2D eigenvalue weighted by Gasteiger charge is 2.25. The van der Waals surface area contributed by atoms with Gasteiger partial charge in [-0.05, 0) is 43.2 Å². The van der Waals surface area contributed by atoms with Crippen molar-refractivity contribution < 1.29 is 23.3 Å². The van der Waals surface area contributed by atoms with E-state index in [2.05, 4.69) is 14.8 Å². The average Bonchev–Trinajstić information content (AvgIpc) is 3.31. The van der Waals surface area contributed by atoms with Crippen LogP contribution >= 0.6 is 11.8 Å². The number of ether oxygens (including phenoxy) is 4. The van der Waals surface area contributed by atoms with Gasteiger partial charge in [0, 0.05) is 28.5 Å². The van der Waals surface area contributed by atoms with Crippen LogP contribution in [0.3, 0.4) is 0 Å². The van der Waals surface area contributed by atoms with Crippen LogP contribution in [0.1, 0.15) is 49.3 Å². The number of hydrogen-bond donors (Lipinski definition) is 0. The maximum Gasteiger partial charge on any atom is 0.192 e. The minimum absolute atomic E-state index is 0.179. The molecule has 2 aliphatic rings. The van der Waals surface area contributed by atoms with E-state index in [1.807, 2.05) is 18.2 Å². The molecule has 9 heteroatoms. The largest absolute Gasteiger partial charge is 0.493 e. The van der Waals surface area contributed by atoms with Gasteiger partial charge in [-0.2, -0.15) is 0 Å². The van der Waals surface area contributed by atoms with Crippen LogP contribution in [-0.4, -0.2) is 35.8 Å². The van der Waals surface area contributed by atoms with Gasteiger partial charge in [0.1, 0.15) is 11.6 Å². The predicted molar refractivity (Wildman–Crippen MR) is 127 cm³/mol. The molecule has 2 heterocycles. The van der Waals surface area contributed by atoms with E-state index in [1.165, 1.54) is 31.4 Å².